The molecule has 0 saturated heterocycles. The summed E-state index contributed by atoms with van der Waals surface area (Å²) in [7, 11) is 0. The molecule has 1 aliphatic rings. The minimum Gasteiger partial charge on any atom is -0.304 e. The lowest BCUT2D eigenvalue weighted by molar-refractivity contribution is 0.0974. The van der Waals surface area contributed by atoms with Gasteiger partial charge in [-0.05, 0) is 24.6 Å². The fraction of sp³-hybridized carbons (Fsp3) is 0.158. The Kier molecular flexibility index (Phi) is 4.81. The van der Waals surface area contributed by atoms with Crippen LogP contribution in [0.15, 0.2) is 36.4 Å². The summed E-state index contributed by atoms with van der Waals surface area (Å²) < 4.78 is 43.0. The minimum absolute atomic E-state index is 0.0463. The van der Waals surface area contributed by atoms with Crippen molar-refractivity contribution >= 4 is 34.8 Å². The highest BCUT2D eigenvalue weighted by atomic mass is 35.5. The average Bonchev–Trinajstić information content (AvgIpc) is 2.99. The Balaban J connectivity index is 1.70. The highest BCUT2D eigenvalue weighted by Gasteiger charge is 2.33. The number of carbonyl (C=O) groups is 1. The van der Waals surface area contributed by atoms with Gasteiger partial charge in [-0.25, -0.2) is 17.9 Å². The Labute approximate surface area is 168 Å². The van der Waals surface area contributed by atoms with Crippen LogP contribution >= 0.6 is 23.2 Å². The predicted molar refractivity (Wildman–Crippen MR) is 99.5 cm³/mol. The van der Waals surface area contributed by atoms with Gasteiger partial charge in [-0.15, -0.1) is 0 Å². The molecule has 0 saturated carbocycles. The number of aromatic nitrogens is 2. The predicted octanol–water partition coefficient (Wildman–Crippen LogP) is 4.86. The van der Waals surface area contributed by atoms with Gasteiger partial charge in [-0.3, -0.25) is 4.79 Å². The second-order valence-corrected chi connectivity index (χ2v) is 7.03. The van der Waals surface area contributed by atoms with Crippen LogP contribution in [0, 0.1) is 17.5 Å². The lowest BCUT2D eigenvalue weighted by Crippen LogP contribution is -2.38. The SMILES string of the molecule is O=C1c2nn(Cc3cccc(F)c3F)c(Cl)c2CCN1c1cccc(Cl)c1F. The number of amides is 1. The molecule has 2 aromatic carbocycles. The van der Waals surface area contributed by atoms with Gasteiger partial charge in [0, 0.05) is 17.7 Å². The third-order valence-electron chi connectivity index (χ3n) is 4.59. The van der Waals surface area contributed by atoms with Crippen molar-refractivity contribution in [2.75, 3.05) is 11.4 Å². The van der Waals surface area contributed by atoms with Crippen LogP contribution in [0.4, 0.5) is 18.9 Å². The smallest absolute Gasteiger partial charge is 0.279 e. The number of halogens is 5. The van der Waals surface area contributed by atoms with E-state index < -0.39 is 23.4 Å². The van der Waals surface area contributed by atoms with E-state index in [1.54, 1.807) is 6.07 Å². The van der Waals surface area contributed by atoms with E-state index in [1.807, 2.05) is 0 Å². The van der Waals surface area contributed by atoms with Crippen LogP contribution in [0.1, 0.15) is 21.6 Å². The number of hydrogen-bond donors (Lipinski definition) is 0. The van der Waals surface area contributed by atoms with Crippen molar-refractivity contribution in [3.8, 4) is 0 Å². The summed E-state index contributed by atoms with van der Waals surface area (Å²) in [5.41, 5.74) is 0.631. The molecule has 0 bridgehead atoms. The summed E-state index contributed by atoms with van der Waals surface area (Å²) in [6.07, 6.45) is 0.331. The number of rotatable bonds is 3. The summed E-state index contributed by atoms with van der Waals surface area (Å²) in [5.74, 6) is -3.22. The lowest BCUT2D eigenvalue weighted by atomic mass is 10.1. The molecule has 0 unspecified atom stereocenters. The molecule has 1 amide bonds. The first kappa shape index (κ1) is 18.8. The normalized spacial score (nSPS) is 13.8. The number of hydrogen-bond acceptors (Lipinski definition) is 2. The fourth-order valence-corrected chi connectivity index (χ4v) is 3.64. The van der Waals surface area contributed by atoms with Gasteiger partial charge in [-0.2, -0.15) is 5.10 Å². The van der Waals surface area contributed by atoms with Crippen molar-refractivity contribution in [1.29, 1.82) is 0 Å². The van der Waals surface area contributed by atoms with Crippen molar-refractivity contribution in [3.05, 3.63) is 80.8 Å². The van der Waals surface area contributed by atoms with Crippen molar-refractivity contribution in [2.24, 2.45) is 0 Å². The zero-order valence-electron chi connectivity index (χ0n) is 14.2. The molecule has 4 nitrogen and oxygen atoms in total. The molecule has 0 radical (unpaired) electrons. The summed E-state index contributed by atoms with van der Waals surface area (Å²) >= 11 is 12.1. The topological polar surface area (TPSA) is 38.1 Å². The van der Waals surface area contributed by atoms with E-state index in [0.717, 1.165) is 6.07 Å². The van der Waals surface area contributed by atoms with E-state index in [2.05, 4.69) is 5.10 Å². The Morgan fingerprint density at radius 2 is 1.79 bits per heavy atom. The first-order valence-corrected chi connectivity index (χ1v) is 9.08. The molecule has 0 atom stereocenters. The van der Waals surface area contributed by atoms with Crippen LogP contribution in [0.25, 0.3) is 0 Å². The summed E-state index contributed by atoms with van der Waals surface area (Å²) in [6.45, 7) is 0.0388. The zero-order valence-corrected chi connectivity index (χ0v) is 15.7. The van der Waals surface area contributed by atoms with Gasteiger partial charge in [0.05, 0.1) is 17.3 Å². The number of carbonyl (C=O) groups excluding carboxylic acids is 1. The minimum atomic E-state index is -0.999. The van der Waals surface area contributed by atoms with Gasteiger partial charge >= 0.3 is 0 Å². The second kappa shape index (κ2) is 7.14. The van der Waals surface area contributed by atoms with Crippen LogP contribution in [0.2, 0.25) is 10.2 Å². The maximum Gasteiger partial charge on any atom is 0.279 e. The molecule has 4 rings (SSSR count). The standard InChI is InChI=1S/C19H12Cl2F3N3O/c20-12-4-2-6-14(16(12)24)26-8-7-11-17(19(26)28)25-27(18(11)21)9-10-3-1-5-13(22)15(10)23/h1-6H,7-9H2. The summed E-state index contributed by atoms with van der Waals surface area (Å²) in [4.78, 5) is 14.1. The quantitative estimate of drug-likeness (QED) is 0.600. The van der Waals surface area contributed by atoms with Crippen LogP contribution in [-0.4, -0.2) is 22.2 Å². The van der Waals surface area contributed by atoms with Gasteiger partial charge in [0.1, 0.15) is 5.15 Å². The van der Waals surface area contributed by atoms with Crippen molar-refractivity contribution in [3.63, 3.8) is 0 Å². The number of benzene rings is 2. The zero-order chi connectivity index (χ0) is 20.0. The highest BCUT2D eigenvalue weighted by molar-refractivity contribution is 6.32. The van der Waals surface area contributed by atoms with Gasteiger partial charge in [-0.1, -0.05) is 41.4 Å². The van der Waals surface area contributed by atoms with E-state index in [1.165, 1.54) is 33.8 Å². The molecule has 1 aromatic heterocycles. The van der Waals surface area contributed by atoms with E-state index >= 15 is 0 Å². The lowest BCUT2D eigenvalue weighted by Gasteiger charge is -2.26. The third-order valence-corrected chi connectivity index (χ3v) is 5.30. The molecular formula is C19H12Cl2F3N3O. The van der Waals surface area contributed by atoms with Crippen molar-refractivity contribution in [1.82, 2.24) is 9.78 Å². The number of fused-ring (bicyclic) bond motifs is 1. The summed E-state index contributed by atoms with van der Waals surface area (Å²) in [5, 5.41) is 4.24. The van der Waals surface area contributed by atoms with E-state index in [9.17, 15) is 18.0 Å². The molecule has 0 spiro atoms. The first-order chi connectivity index (χ1) is 13.4. The molecule has 1 aliphatic heterocycles. The Hall–Kier alpha value is -2.51. The van der Waals surface area contributed by atoms with E-state index in [4.69, 9.17) is 23.2 Å². The van der Waals surface area contributed by atoms with E-state index in [-0.39, 0.29) is 40.2 Å². The first-order valence-electron chi connectivity index (χ1n) is 8.32. The number of anilines is 1. The van der Waals surface area contributed by atoms with Gasteiger partial charge < -0.3 is 4.90 Å². The van der Waals surface area contributed by atoms with Gasteiger partial charge in [0.25, 0.3) is 5.91 Å². The van der Waals surface area contributed by atoms with E-state index in [0.29, 0.717) is 12.0 Å². The molecule has 0 fully saturated rings. The maximum absolute atomic E-state index is 14.3. The average molecular weight is 426 g/mol. The molecule has 28 heavy (non-hydrogen) atoms. The Bertz CT molecular complexity index is 1100. The molecule has 0 N–H and O–H groups in total. The molecule has 3 aromatic rings. The van der Waals surface area contributed by atoms with Crippen LogP contribution in [0.3, 0.4) is 0 Å². The Morgan fingerprint density at radius 1 is 1.04 bits per heavy atom. The largest absolute Gasteiger partial charge is 0.304 e. The molecule has 9 heteroatoms. The van der Waals surface area contributed by atoms with Crippen LogP contribution < -0.4 is 4.90 Å². The van der Waals surface area contributed by atoms with Gasteiger partial charge in [0.15, 0.2) is 23.1 Å². The molecular weight excluding hydrogens is 414 g/mol. The second-order valence-electron chi connectivity index (χ2n) is 6.27. The third kappa shape index (κ3) is 3.04. The molecule has 0 aliphatic carbocycles. The maximum atomic E-state index is 14.3. The fourth-order valence-electron chi connectivity index (χ4n) is 3.19. The monoisotopic (exact) mass is 425 g/mol. The van der Waals surface area contributed by atoms with Gasteiger partial charge in [0.2, 0.25) is 0 Å². The highest BCUT2D eigenvalue weighted by Crippen LogP contribution is 2.32. The number of nitrogens with zero attached hydrogens (tertiary/aromatic N) is 3. The summed E-state index contributed by atoms with van der Waals surface area (Å²) in [6, 6.07) is 8.17. The van der Waals surface area contributed by atoms with Crippen molar-refractivity contribution < 1.29 is 18.0 Å². The molecule has 2 heterocycles. The van der Waals surface area contributed by atoms with Crippen LogP contribution in [0.5, 0.6) is 0 Å². The van der Waals surface area contributed by atoms with Crippen molar-refractivity contribution in [2.45, 2.75) is 13.0 Å². The Morgan fingerprint density at radius 3 is 2.57 bits per heavy atom. The molecule has 144 valence electrons. The van der Waals surface area contributed by atoms with Crippen LogP contribution in [-0.2, 0) is 13.0 Å².